The van der Waals surface area contributed by atoms with E-state index < -0.39 is 5.54 Å². The summed E-state index contributed by atoms with van der Waals surface area (Å²) in [5, 5.41) is 11.4. The number of carbonyl (C=O) groups is 1. The standard InChI is InChI=1S/C14H18N2O/c1-10-5-6-11(2)12(9-10)14(3,4)16-13(17)7-8-15/h5-6,9H,7H2,1-4H3,(H,16,17). The second kappa shape index (κ2) is 5.01. The summed E-state index contributed by atoms with van der Waals surface area (Å²) in [4.78, 5) is 11.5. The molecule has 0 aliphatic carbocycles. The van der Waals surface area contributed by atoms with Crippen LogP contribution in [0.25, 0.3) is 0 Å². The van der Waals surface area contributed by atoms with E-state index >= 15 is 0 Å². The summed E-state index contributed by atoms with van der Waals surface area (Å²) in [6.45, 7) is 7.94. The number of nitriles is 1. The quantitative estimate of drug-likeness (QED) is 0.867. The number of hydrogen-bond donors (Lipinski definition) is 1. The van der Waals surface area contributed by atoms with Gasteiger partial charge in [-0.15, -0.1) is 0 Å². The third-order valence-corrected chi connectivity index (χ3v) is 2.76. The van der Waals surface area contributed by atoms with Crippen molar-refractivity contribution in [1.29, 1.82) is 5.26 Å². The van der Waals surface area contributed by atoms with Crippen LogP contribution in [-0.2, 0) is 10.3 Å². The van der Waals surface area contributed by atoms with Gasteiger partial charge in [0.05, 0.1) is 11.6 Å². The third-order valence-electron chi connectivity index (χ3n) is 2.76. The van der Waals surface area contributed by atoms with Crippen LogP contribution in [0, 0.1) is 25.2 Å². The normalized spacial score (nSPS) is 10.8. The molecule has 0 radical (unpaired) electrons. The van der Waals surface area contributed by atoms with Crippen LogP contribution >= 0.6 is 0 Å². The van der Waals surface area contributed by atoms with Crippen LogP contribution in [0.4, 0.5) is 0 Å². The van der Waals surface area contributed by atoms with Crippen molar-refractivity contribution in [3.05, 3.63) is 34.9 Å². The second-order valence-corrected chi connectivity index (χ2v) is 4.83. The number of nitrogens with one attached hydrogen (secondary N) is 1. The summed E-state index contributed by atoms with van der Waals surface area (Å²) in [7, 11) is 0. The van der Waals surface area contributed by atoms with Crippen molar-refractivity contribution in [1.82, 2.24) is 5.32 Å². The van der Waals surface area contributed by atoms with Crippen LogP contribution in [0.1, 0.15) is 37.0 Å². The monoisotopic (exact) mass is 230 g/mol. The largest absolute Gasteiger partial charge is 0.346 e. The van der Waals surface area contributed by atoms with E-state index in [1.165, 1.54) is 0 Å². The predicted octanol–water partition coefficient (Wildman–Crippen LogP) is 2.57. The zero-order valence-electron chi connectivity index (χ0n) is 10.8. The lowest BCUT2D eigenvalue weighted by atomic mass is 9.89. The molecular formula is C14H18N2O. The number of amides is 1. The van der Waals surface area contributed by atoms with Gasteiger partial charge in [0.15, 0.2) is 0 Å². The summed E-state index contributed by atoms with van der Waals surface area (Å²) >= 11 is 0. The molecule has 0 bridgehead atoms. The number of nitrogens with zero attached hydrogens (tertiary/aromatic N) is 1. The SMILES string of the molecule is Cc1ccc(C)c(C(C)(C)NC(=O)CC#N)c1. The Balaban J connectivity index is 3.00. The van der Waals surface area contributed by atoms with E-state index in [2.05, 4.69) is 11.4 Å². The lowest BCUT2D eigenvalue weighted by molar-refractivity contribution is -0.121. The maximum Gasteiger partial charge on any atom is 0.234 e. The highest BCUT2D eigenvalue weighted by Gasteiger charge is 2.24. The van der Waals surface area contributed by atoms with Crippen LogP contribution in [0.3, 0.4) is 0 Å². The smallest absolute Gasteiger partial charge is 0.234 e. The minimum atomic E-state index is -0.454. The number of carbonyl (C=O) groups excluding carboxylic acids is 1. The van der Waals surface area contributed by atoms with Gasteiger partial charge in [0.1, 0.15) is 6.42 Å². The molecule has 1 aromatic rings. The topological polar surface area (TPSA) is 52.9 Å². The van der Waals surface area contributed by atoms with Gasteiger partial charge in [-0.05, 0) is 38.8 Å². The number of benzene rings is 1. The Labute approximate surface area is 102 Å². The number of aryl methyl sites for hydroxylation is 2. The summed E-state index contributed by atoms with van der Waals surface area (Å²) in [5.74, 6) is -0.238. The van der Waals surface area contributed by atoms with Gasteiger partial charge >= 0.3 is 0 Å². The van der Waals surface area contributed by atoms with Gasteiger partial charge in [-0.25, -0.2) is 0 Å². The molecule has 3 nitrogen and oxygen atoms in total. The van der Waals surface area contributed by atoms with Gasteiger partial charge in [0.25, 0.3) is 0 Å². The van der Waals surface area contributed by atoms with Gasteiger partial charge in [-0.1, -0.05) is 23.8 Å². The Morgan fingerprint density at radius 1 is 1.41 bits per heavy atom. The highest BCUT2D eigenvalue weighted by Crippen LogP contribution is 2.24. The minimum Gasteiger partial charge on any atom is -0.346 e. The summed E-state index contributed by atoms with van der Waals surface area (Å²) in [6, 6.07) is 8.02. The number of rotatable bonds is 3. The highest BCUT2D eigenvalue weighted by atomic mass is 16.1. The van der Waals surface area contributed by atoms with E-state index in [1.807, 2.05) is 45.9 Å². The zero-order chi connectivity index (χ0) is 13.1. The molecule has 1 amide bonds. The van der Waals surface area contributed by atoms with E-state index in [0.29, 0.717) is 0 Å². The van der Waals surface area contributed by atoms with E-state index in [0.717, 1.165) is 16.7 Å². The fourth-order valence-electron chi connectivity index (χ4n) is 1.94. The molecule has 0 heterocycles. The van der Waals surface area contributed by atoms with Crippen LogP contribution in [0.2, 0.25) is 0 Å². The maximum absolute atomic E-state index is 11.5. The number of hydrogen-bond acceptors (Lipinski definition) is 2. The average Bonchev–Trinajstić information content (AvgIpc) is 2.21. The summed E-state index contributed by atoms with van der Waals surface area (Å²) < 4.78 is 0. The van der Waals surface area contributed by atoms with Crippen LogP contribution in [-0.4, -0.2) is 5.91 Å². The predicted molar refractivity (Wildman–Crippen MR) is 67.3 cm³/mol. The van der Waals surface area contributed by atoms with E-state index in [1.54, 1.807) is 0 Å². The molecular weight excluding hydrogens is 212 g/mol. The molecule has 17 heavy (non-hydrogen) atoms. The van der Waals surface area contributed by atoms with Crippen molar-refractivity contribution in [2.24, 2.45) is 0 Å². The molecule has 1 N–H and O–H groups in total. The highest BCUT2D eigenvalue weighted by molar-refractivity contribution is 5.79. The molecule has 0 saturated carbocycles. The second-order valence-electron chi connectivity index (χ2n) is 4.83. The van der Waals surface area contributed by atoms with Gasteiger partial charge in [-0.3, -0.25) is 4.79 Å². The first-order valence-electron chi connectivity index (χ1n) is 5.62. The Morgan fingerprint density at radius 3 is 2.65 bits per heavy atom. The van der Waals surface area contributed by atoms with Crippen molar-refractivity contribution >= 4 is 5.91 Å². The van der Waals surface area contributed by atoms with Crippen LogP contribution in [0.5, 0.6) is 0 Å². The van der Waals surface area contributed by atoms with E-state index in [4.69, 9.17) is 5.26 Å². The van der Waals surface area contributed by atoms with Gasteiger partial charge in [0, 0.05) is 0 Å². The van der Waals surface area contributed by atoms with Crippen molar-refractivity contribution in [3.8, 4) is 6.07 Å². The van der Waals surface area contributed by atoms with Crippen molar-refractivity contribution in [2.75, 3.05) is 0 Å². The summed E-state index contributed by atoms with van der Waals surface area (Å²) in [6.07, 6.45) is -0.103. The van der Waals surface area contributed by atoms with Crippen LogP contribution in [0.15, 0.2) is 18.2 Å². The average molecular weight is 230 g/mol. The molecule has 0 spiro atoms. The first-order chi connectivity index (χ1) is 7.86. The Kier molecular flexibility index (Phi) is 3.90. The first kappa shape index (κ1) is 13.2. The minimum absolute atomic E-state index is 0.103. The molecule has 0 aliphatic rings. The molecule has 0 saturated heterocycles. The fraction of sp³-hybridized carbons (Fsp3) is 0.429. The van der Waals surface area contributed by atoms with Crippen LogP contribution < -0.4 is 5.32 Å². The van der Waals surface area contributed by atoms with Crippen molar-refractivity contribution < 1.29 is 4.79 Å². The molecule has 0 fully saturated rings. The molecule has 90 valence electrons. The molecule has 1 rings (SSSR count). The molecule has 0 atom stereocenters. The Morgan fingerprint density at radius 2 is 2.06 bits per heavy atom. The van der Waals surface area contributed by atoms with Crippen molar-refractivity contribution in [3.63, 3.8) is 0 Å². The lowest BCUT2D eigenvalue weighted by Gasteiger charge is -2.28. The van der Waals surface area contributed by atoms with Gasteiger partial charge in [0.2, 0.25) is 5.91 Å². The Hall–Kier alpha value is -1.82. The lowest BCUT2D eigenvalue weighted by Crippen LogP contribution is -2.41. The maximum atomic E-state index is 11.5. The third kappa shape index (κ3) is 3.32. The summed E-state index contributed by atoms with van der Waals surface area (Å²) in [5.41, 5.74) is 2.93. The molecule has 0 unspecified atom stereocenters. The van der Waals surface area contributed by atoms with Gasteiger partial charge < -0.3 is 5.32 Å². The van der Waals surface area contributed by atoms with E-state index in [9.17, 15) is 4.79 Å². The molecule has 0 aromatic heterocycles. The molecule has 1 aromatic carbocycles. The van der Waals surface area contributed by atoms with E-state index in [-0.39, 0.29) is 12.3 Å². The van der Waals surface area contributed by atoms with Crippen molar-refractivity contribution in [2.45, 2.75) is 39.7 Å². The first-order valence-corrected chi connectivity index (χ1v) is 5.62. The fourth-order valence-corrected chi connectivity index (χ4v) is 1.94. The molecule has 0 aliphatic heterocycles. The Bertz CT molecular complexity index is 470. The zero-order valence-corrected chi connectivity index (χ0v) is 10.8. The molecule has 3 heteroatoms. The van der Waals surface area contributed by atoms with Gasteiger partial charge in [-0.2, -0.15) is 5.26 Å².